The van der Waals surface area contributed by atoms with E-state index in [-0.39, 0.29) is 0 Å². The maximum atomic E-state index is 6.13. The van der Waals surface area contributed by atoms with Crippen LogP contribution in [0.3, 0.4) is 0 Å². The number of rotatable bonds is 4. The molecule has 4 aromatic rings. The van der Waals surface area contributed by atoms with Crippen LogP contribution in [0.5, 0.6) is 0 Å². The van der Waals surface area contributed by atoms with E-state index >= 15 is 0 Å². The van der Waals surface area contributed by atoms with E-state index in [4.69, 9.17) is 11.6 Å². The Morgan fingerprint density at radius 3 is 2.43 bits per heavy atom. The monoisotopic (exact) mass is 390 g/mol. The first kappa shape index (κ1) is 18.1. The molecule has 2 heterocycles. The Balaban J connectivity index is 1.78. The number of halogens is 1. The summed E-state index contributed by atoms with van der Waals surface area (Å²) in [5, 5.41) is 7.26. The van der Waals surface area contributed by atoms with E-state index in [2.05, 4.69) is 56.5 Å². The third kappa shape index (κ3) is 3.73. The molecule has 0 spiro atoms. The SMILES string of the molecule is Cc1ccc(Nc2nc(Nc3cc(Cl)ccc3C)nc3nccnc23)c(C)c1. The number of hydrogen-bond acceptors (Lipinski definition) is 6. The van der Waals surface area contributed by atoms with Gasteiger partial charge in [0.2, 0.25) is 5.95 Å². The van der Waals surface area contributed by atoms with E-state index in [1.807, 2.05) is 31.2 Å². The van der Waals surface area contributed by atoms with Gasteiger partial charge in [-0.3, -0.25) is 0 Å². The molecule has 0 aliphatic carbocycles. The van der Waals surface area contributed by atoms with Gasteiger partial charge >= 0.3 is 0 Å². The topological polar surface area (TPSA) is 75.6 Å². The molecule has 2 aromatic heterocycles. The molecule has 2 N–H and O–H groups in total. The van der Waals surface area contributed by atoms with Crippen LogP contribution in [0.2, 0.25) is 5.02 Å². The molecule has 0 radical (unpaired) electrons. The molecule has 4 rings (SSSR count). The standard InChI is InChI=1S/C21H19ClN6/c1-12-4-7-16(14(3)10-12)25-20-18-19(24-9-8-23-18)27-21(28-20)26-17-11-15(22)6-5-13(17)2/h4-11H,1-3H3,(H2,24,25,26,27,28). The Bertz CT molecular complexity index is 1170. The predicted octanol–water partition coefficient (Wildman–Crippen LogP) is 5.49. The number of anilines is 4. The quantitative estimate of drug-likeness (QED) is 0.480. The van der Waals surface area contributed by atoms with E-state index in [0.29, 0.717) is 28.0 Å². The van der Waals surface area contributed by atoms with Crippen LogP contribution in [0.1, 0.15) is 16.7 Å². The first-order valence-electron chi connectivity index (χ1n) is 8.86. The van der Waals surface area contributed by atoms with Crippen LogP contribution in [-0.4, -0.2) is 19.9 Å². The highest BCUT2D eigenvalue weighted by Crippen LogP contribution is 2.27. The Labute approximate surface area is 168 Å². The number of nitrogens with one attached hydrogen (secondary N) is 2. The van der Waals surface area contributed by atoms with Gasteiger partial charge < -0.3 is 10.6 Å². The number of aromatic nitrogens is 4. The average Bonchev–Trinajstić information content (AvgIpc) is 2.67. The fourth-order valence-corrected chi connectivity index (χ4v) is 3.11. The van der Waals surface area contributed by atoms with Gasteiger partial charge in [-0.15, -0.1) is 0 Å². The summed E-state index contributed by atoms with van der Waals surface area (Å²) >= 11 is 6.13. The second-order valence-electron chi connectivity index (χ2n) is 6.65. The first-order valence-corrected chi connectivity index (χ1v) is 9.23. The average molecular weight is 391 g/mol. The van der Waals surface area contributed by atoms with Crippen LogP contribution in [0, 0.1) is 20.8 Å². The molecule has 0 unspecified atom stereocenters. The lowest BCUT2D eigenvalue weighted by atomic mass is 10.1. The highest BCUT2D eigenvalue weighted by Gasteiger charge is 2.12. The second-order valence-corrected chi connectivity index (χ2v) is 7.09. The van der Waals surface area contributed by atoms with E-state index in [9.17, 15) is 0 Å². The molecule has 140 valence electrons. The van der Waals surface area contributed by atoms with Gasteiger partial charge in [0, 0.05) is 28.8 Å². The molecule has 0 fully saturated rings. The number of aryl methyl sites for hydroxylation is 3. The van der Waals surface area contributed by atoms with Gasteiger partial charge in [-0.05, 0) is 50.1 Å². The van der Waals surface area contributed by atoms with Crippen molar-refractivity contribution < 1.29 is 0 Å². The highest BCUT2D eigenvalue weighted by molar-refractivity contribution is 6.30. The fraction of sp³-hybridized carbons (Fsp3) is 0.143. The van der Waals surface area contributed by atoms with Crippen LogP contribution >= 0.6 is 11.6 Å². The zero-order chi connectivity index (χ0) is 19.7. The molecule has 6 nitrogen and oxygen atoms in total. The van der Waals surface area contributed by atoms with Gasteiger partial charge in [-0.1, -0.05) is 35.4 Å². The molecule has 0 aliphatic heterocycles. The Morgan fingerprint density at radius 1 is 0.786 bits per heavy atom. The van der Waals surface area contributed by atoms with Crippen LogP contribution in [0.15, 0.2) is 48.8 Å². The zero-order valence-corrected chi connectivity index (χ0v) is 16.5. The van der Waals surface area contributed by atoms with Gasteiger partial charge in [0.1, 0.15) is 0 Å². The lowest BCUT2D eigenvalue weighted by Crippen LogP contribution is -2.05. The van der Waals surface area contributed by atoms with Crippen molar-refractivity contribution in [3.8, 4) is 0 Å². The largest absolute Gasteiger partial charge is 0.338 e. The summed E-state index contributed by atoms with van der Waals surface area (Å²) in [5.41, 5.74) is 6.28. The van der Waals surface area contributed by atoms with Gasteiger partial charge in [-0.2, -0.15) is 9.97 Å². The molecule has 0 saturated heterocycles. The van der Waals surface area contributed by atoms with Gasteiger partial charge in [0.25, 0.3) is 0 Å². The van der Waals surface area contributed by atoms with Gasteiger partial charge in [-0.25, -0.2) is 9.97 Å². The van der Waals surface area contributed by atoms with E-state index in [0.717, 1.165) is 22.5 Å². The molecule has 0 saturated carbocycles. The van der Waals surface area contributed by atoms with Gasteiger partial charge in [0.05, 0.1) is 0 Å². The molecular weight excluding hydrogens is 372 g/mol. The molecule has 2 aromatic carbocycles. The summed E-state index contributed by atoms with van der Waals surface area (Å²) in [6, 6.07) is 11.8. The number of benzene rings is 2. The van der Waals surface area contributed by atoms with E-state index < -0.39 is 0 Å². The minimum Gasteiger partial charge on any atom is -0.338 e. The minimum atomic E-state index is 0.422. The number of hydrogen-bond donors (Lipinski definition) is 2. The van der Waals surface area contributed by atoms with Crippen molar-refractivity contribution in [2.45, 2.75) is 20.8 Å². The fourth-order valence-electron chi connectivity index (χ4n) is 2.94. The molecule has 0 atom stereocenters. The van der Waals surface area contributed by atoms with Crippen molar-refractivity contribution in [2.24, 2.45) is 0 Å². The third-order valence-corrected chi connectivity index (χ3v) is 4.65. The summed E-state index contributed by atoms with van der Waals surface area (Å²) in [6.07, 6.45) is 3.25. The normalized spacial score (nSPS) is 10.9. The summed E-state index contributed by atoms with van der Waals surface area (Å²) in [5.74, 6) is 1.01. The third-order valence-electron chi connectivity index (χ3n) is 4.41. The smallest absolute Gasteiger partial charge is 0.231 e. The maximum Gasteiger partial charge on any atom is 0.231 e. The Kier molecular flexibility index (Phi) is 4.79. The van der Waals surface area contributed by atoms with E-state index in [1.54, 1.807) is 12.4 Å². The second kappa shape index (κ2) is 7.40. The molecule has 0 bridgehead atoms. The molecule has 0 aliphatic rings. The number of fused-ring (bicyclic) bond motifs is 1. The first-order chi connectivity index (χ1) is 13.5. The molecule has 28 heavy (non-hydrogen) atoms. The predicted molar refractivity (Wildman–Crippen MR) is 114 cm³/mol. The van der Waals surface area contributed by atoms with Crippen molar-refractivity contribution in [3.05, 3.63) is 70.5 Å². The van der Waals surface area contributed by atoms with Crippen LogP contribution in [-0.2, 0) is 0 Å². The molecule has 7 heteroatoms. The van der Waals surface area contributed by atoms with Crippen LogP contribution in [0.25, 0.3) is 11.2 Å². The minimum absolute atomic E-state index is 0.422. The zero-order valence-electron chi connectivity index (χ0n) is 15.8. The summed E-state index contributed by atoms with van der Waals surface area (Å²) in [7, 11) is 0. The number of nitrogens with zero attached hydrogens (tertiary/aromatic N) is 4. The van der Waals surface area contributed by atoms with Crippen molar-refractivity contribution in [1.82, 2.24) is 19.9 Å². The van der Waals surface area contributed by atoms with Crippen LogP contribution in [0.4, 0.5) is 23.1 Å². The molecule has 0 amide bonds. The summed E-state index contributed by atoms with van der Waals surface area (Å²) in [4.78, 5) is 17.9. The van der Waals surface area contributed by atoms with E-state index in [1.165, 1.54) is 5.56 Å². The summed E-state index contributed by atoms with van der Waals surface area (Å²) in [6.45, 7) is 6.12. The van der Waals surface area contributed by atoms with Crippen molar-refractivity contribution in [2.75, 3.05) is 10.6 Å². The lowest BCUT2D eigenvalue weighted by molar-refractivity contribution is 1.14. The summed E-state index contributed by atoms with van der Waals surface area (Å²) < 4.78 is 0. The highest BCUT2D eigenvalue weighted by atomic mass is 35.5. The Hall–Kier alpha value is -3.25. The maximum absolute atomic E-state index is 6.13. The van der Waals surface area contributed by atoms with Gasteiger partial charge in [0.15, 0.2) is 17.0 Å². The molecular formula is C21H19ClN6. The van der Waals surface area contributed by atoms with Crippen LogP contribution < -0.4 is 10.6 Å². The lowest BCUT2D eigenvalue weighted by Gasteiger charge is -2.13. The van der Waals surface area contributed by atoms with Crippen molar-refractivity contribution in [3.63, 3.8) is 0 Å². The van der Waals surface area contributed by atoms with Crippen molar-refractivity contribution >= 4 is 45.9 Å². The Morgan fingerprint density at radius 2 is 1.61 bits per heavy atom. The van der Waals surface area contributed by atoms with Crippen molar-refractivity contribution in [1.29, 1.82) is 0 Å².